The number of carbonyl (C=O) groups is 1. The summed E-state index contributed by atoms with van der Waals surface area (Å²) in [4.78, 5) is 29.8. The third-order valence-electron chi connectivity index (χ3n) is 3.98. The molecule has 0 aliphatic rings. The molecule has 1 amide bonds. The van der Waals surface area contributed by atoms with Crippen LogP contribution in [0.25, 0.3) is 10.9 Å². The van der Waals surface area contributed by atoms with Crippen LogP contribution < -0.4 is 10.9 Å². The first-order valence-electron chi connectivity index (χ1n) is 8.43. The molecule has 3 aromatic rings. The van der Waals surface area contributed by atoms with Crippen LogP contribution in [-0.2, 0) is 11.3 Å². The molecular weight excluding hydrogens is 445 g/mol. The van der Waals surface area contributed by atoms with Crippen molar-refractivity contribution in [3.8, 4) is 0 Å². The largest absolute Gasteiger partial charge is 0.323 e. The molecule has 144 valence electrons. The number of halogens is 2. The van der Waals surface area contributed by atoms with Gasteiger partial charge < -0.3 is 5.32 Å². The lowest BCUT2D eigenvalue weighted by Gasteiger charge is -2.15. The number of allylic oxidation sites excluding steroid dienone is 1. The molecule has 28 heavy (non-hydrogen) atoms. The number of aromatic nitrogens is 2. The lowest BCUT2D eigenvalue weighted by molar-refractivity contribution is -0.115. The zero-order chi connectivity index (χ0) is 20.3. The lowest BCUT2D eigenvalue weighted by atomic mass is 10.2. The first-order chi connectivity index (χ1) is 13.4. The zero-order valence-electron chi connectivity index (χ0n) is 15.0. The number of nitrogens with one attached hydrogen (secondary N) is 1. The first-order valence-corrected chi connectivity index (χ1v) is 10.1. The van der Waals surface area contributed by atoms with Crippen LogP contribution in [0.2, 0.25) is 0 Å². The summed E-state index contributed by atoms with van der Waals surface area (Å²) in [5, 5.41) is 2.87. The van der Waals surface area contributed by atoms with Crippen molar-refractivity contribution in [3.05, 3.63) is 75.8 Å². The van der Waals surface area contributed by atoms with Crippen molar-refractivity contribution in [2.24, 2.45) is 0 Å². The second-order valence-corrected chi connectivity index (χ2v) is 8.21. The Bertz CT molecular complexity index is 1120. The Labute approximate surface area is 173 Å². The number of anilines is 1. The molecule has 1 heterocycles. The number of hydrogen-bond acceptors (Lipinski definition) is 4. The van der Waals surface area contributed by atoms with E-state index in [1.165, 1.54) is 16.7 Å². The van der Waals surface area contributed by atoms with Gasteiger partial charge in [-0.1, -0.05) is 45.9 Å². The van der Waals surface area contributed by atoms with Gasteiger partial charge in [0.05, 0.1) is 21.8 Å². The zero-order valence-corrected chi connectivity index (χ0v) is 17.4. The average molecular weight is 462 g/mol. The highest BCUT2D eigenvalue weighted by atomic mass is 79.9. The van der Waals surface area contributed by atoms with E-state index in [4.69, 9.17) is 0 Å². The van der Waals surface area contributed by atoms with Gasteiger partial charge in [0.1, 0.15) is 5.82 Å². The van der Waals surface area contributed by atoms with Crippen LogP contribution in [0, 0.1) is 5.82 Å². The van der Waals surface area contributed by atoms with Crippen LogP contribution in [0.4, 0.5) is 10.1 Å². The molecule has 0 aliphatic heterocycles. The van der Waals surface area contributed by atoms with Gasteiger partial charge in [0.15, 0.2) is 5.16 Å². The van der Waals surface area contributed by atoms with Gasteiger partial charge in [-0.25, -0.2) is 9.37 Å². The normalized spacial score (nSPS) is 12.0. The number of hydrogen-bond donors (Lipinski definition) is 1. The van der Waals surface area contributed by atoms with Crippen molar-refractivity contribution >= 4 is 50.2 Å². The van der Waals surface area contributed by atoms with E-state index in [0.29, 0.717) is 20.5 Å². The highest BCUT2D eigenvalue weighted by Gasteiger charge is 2.20. The van der Waals surface area contributed by atoms with Crippen molar-refractivity contribution in [1.82, 2.24) is 9.55 Å². The molecule has 1 N–H and O–H groups in total. The molecule has 0 saturated heterocycles. The van der Waals surface area contributed by atoms with E-state index in [0.717, 1.165) is 11.8 Å². The molecule has 0 radical (unpaired) electrons. The highest BCUT2D eigenvalue weighted by molar-refractivity contribution is 9.10. The van der Waals surface area contributed by atoms with Crippen LogP contribution in [0.15, 0.2) is 69.5 Å². The van der Waals surface area contributed by atoms with Crippen LogP contribution in [0.5, 0.6) is 0 Å². The summed E-state index contributed by atoms with van der Waals surface area (Å²) in [5.41, 5.74) is 0.456. The van der Waals surface area contributed by atoms with Crippen LogP contribution in [-0.4, -0.2) is 20.7 Å². The lowest BCUT2D eigenvalue weighted by Crippen LogP contribution is -2.27. The summed E-state index contributed by atoms with van der Waals surface area (Å²) in [6.45, 7) is 5.63. The van der Waals surface area contributed by atoms with Gasteiger partial charge in [-0.3, -0.25) is 14.2 Å². The molecule has 1 unspecified atom stereocenters. The van der Waals surface area contributed by atoms with Crippen molar-refractivity contribution < 1.29 is 9.18 Å². The van der Waals surface area contributed by atoms with Gasteiger partial charge in [-0.2, -0.15) is 0 Å². The topological polar surface area (TPSA) is 64.0 Å². The monoisotopic (exact) mass is 461 g/mol. The van der Waals surface area contributed by atoms with E-state index < -0.39 is 17.0 Å². The molecule has 0 bridgehead atoms. The Morgan fingerprint density at radius 1 is 1.39 bits per heavy atom. The molecule has 0 saturated carbocycles. The number of amides is 1. The van der Waals surface area contributed by atoms with E-state index in [2.05, 4.69) is 32.8 Å². The second-order valence-electron chi connectivity index (χ2n) is 5.99. The Morgan fingerprint density at radius 3 is 2.86 bits per heavy atom. The minimum Gasteiger partial charge on any atom is -0.323 e. The standard InChI is InChI=1S/C20H17BrFN3O2S/c1-3-10-25-19(27)14-6-4-5-7-16(14)24-20(25)28-12(2)18(26)23-17-9-8-13(21)11-15(17)22/h3-9,11-12H,1,10H2,2H3,(H,23,26). The maximum atomic E-state index is 14.0. The molecular formula is C20H17BrFN3O2S. The molecule has 5 nitrogen and oxygen atoms in total. The molecule has 0 spiro atoms. The molecule has 1 atom stereocenters. The molecule has 8 heteroatoms. The van der Waals surface area contributed by atoms with Gasteiger partial charge in [0.25, 0.3) is 5.56 Å². The second kappa shape index (κ2) is 8.70. The minimum atomic E-state index is -0.604. The van der Waals surface area contributed by atoms with E-state index in [-0.39, 0.29) is 17.8 Å². The Morgan fingerprint density at radius 2 is 2.14 bits per heavy atom. The van der Waals surface area contributed by atoms with Crippen molar-refractivity contribution in [3.63, 3.8) is 0 Å². The fourth-order valence-electron chi connectivity index (χ4n) is 2.56. The van der Waals surface area contributed by atoms with Gasteiger partial charge >= 0.3 is 0 Å². The minimum absolute atomic E-state index is 0.0932. The van der Waals surface area contributed by atoms with E-state index >= 15 is 0 Å². The highest BCUT2D eigenvalue weighted by Crippen LogP contribution is 2.25. The summed E-state index contributed by atoms with van der Waals surface area (Å²) >= 11 is 4.32. The number of fused-ring (bicyclic) bond motifs is 1. The Hall–Kier alpha value is -2.45. The third kappa shape index (κ3) is 4.34. The fraction of sp³-hybridized carbons (Fsp3) is 0.150. The van der Waals surface area contributed by atoms with Gasteiger partial charge in [-0.05, 0) is 37.3 Å². The summed E-state index contributed by atoms with van der Waals surface area (Å²) in [5.74, 6) is -0.925. The smallest absolute Gasteiger partial charge is 0.262 e. The summed E-state index contributed by atoms with van der Waals surface area (Å²) in [6, 6.07) is 11.4. The molecule has 3 rings (SSSR count). The number of nitrogens with zero attached hydrogens (tertiary/aromatic N) is 2. The van der Waals surface area contributed by atoms with Crippen LogP contribution in [0.1, 0.15) is 6.92 Å². The number of para-hydroxylation sites is 1. The van der Waals surface area contributed by atoms with Gasteiger partial charge in [0, 0.05) is 11.0 Å². The maximum absolute atomic E-state index is 14.0. The molecule has 2 aromatic carbocycles. The third-order valence-corrected chi connectivity index (χ3v) is 5.56. The van der Waals surface area contributed by atoms with Crippen molar-refractivity contribution in [1.29, 1.82) is 0 Å². The summed E-state index contributed by atoms with van der Waals surface area (Å²) < 4.78 is 16.0. The summed E-state index contributed by atoms with van der Waals surface area (Å²) in [7, 11) is 0. The molecule has 0 aliphatic carbocycles. The van der Waals surface area contributed by atoms with E-state index in [1.54, 1.807) is 43.3 Å². The van der Waals surface area contributed by atoms with Crippen molar-refractivity contribution in [2.45, 2.75) is 23.9 Å². The molecule has 1 aromatic heterocycles. The van der Waals surface area contributed by atoms with Gasteiger partial charge in [0.2, 0.25) is 5.91 Å². The predicted molar refractivity (Wildman–Crippen MR) is 114 cm³/mol. The Kier molecular flexibility index (Phi) is 6.31. The van der Waals surface area contributed by atoms with E-state index in [1.807, 2.05) is 0 Å². The first kappa shape index (κ1) is 20.3. The number of thioether (sulfide) groups is 1. The number of benzene rings is 2. The van der Waals surface area contributed by atoms with Gasteiger partial charge in [-0.15, -0.1) is 6.58 Å². The number of carbonyl (C=O) groups excluding carboxylic acids is 1. The predicted octanol–water partition coefficient (Wildman–Crippen LogP) is 4.60. The van der Waals surface area contributed by atoms with Crippen LogP contribution in [0.3, 0.4) is 0 Å². The quantitative estimate of drug-likeness (QED) is 0.330. The Balaban J connectivity index is 1.88. The average Bonchev–Trinajstić information content (AvgIpc) is 2.67. The van der Waals surface area contributed by atoms with E-state index in [9.17, 15) is 14.0 Å². The molecule has 0 fully saturated rings. The fourth-order valence-corrected chi connectivity index (χ4v) is 3.82. The number of rotatable bonds is 6. The SMILES string of the molecule is C=CCn1c(SC(C)C(=O)Nc2ccc(Br)cc2F)nc2ccccc2c1=O. The van der Waals surface area contributed by atoms with Crippen molar-refractivity contribution in [2.75, 3.05) is 5.32 Å². The van der Waals surface area contributed by atoms with Crippen LogP contribution >= 0.6 is 27.7 Å². The maximum Gasteiger partial charge on any atom is 0.262 e. The summed E-state index contributed by atoms with van der Waals surface area (Å²) in [6.07, 6.45) is 1.60.